The molecule has 0 saturated heterocycles. The van der Waals surface area contributed by atoms with E-state index in [0.29, 0.717) is 12.2 Å². The highest BCUT2D eigenvalue weighted by Crippen LogP contribution is 2.61. The highest BCUT2D eigenvalue weighted by atomic mass is 16.5. The monoisotopic (exact) mass is 427 g/mol. The van der Waals surface area contributed by atoms with Gasteiger partial charge in [0.25, 0.3) is 11.8 Å². The Labute approximate surface area is 183 Å². The lowest BCUT2D eigenvalue weighted by Crippen LogP contribution is -2.50. The lowest BCUT2D eigenvalue weighted by molar-refractivity contribution is -0.133. The minimum atomic E-state index is -0.459. The number of aryl methyl sites for hydroxylation is 1. The molecule has 0 unspecified atom stereocenters. The first-order valence-corrected chi connectivity index (χ1v) is 11.5. The molecule has 4 bridgehead atoms. The molecule has 0 atom stereocenters. The van der Waals surface area contributed by atoms with Gasteiger partial charge >= 0.3 is 0 Å². The number of hydrogen-bond acceptors (Lipinski definition) is 4. The van der Waals surface area contributed by atoms with Gasteiger partial charge in [-0.1, -0.05) is 25.1 Å². The summed E-state index contributed by atoms with van der Waals surface area (Å²) in [5.74, 6) is 2.06. The van der Waals surface area contributed by atoms with Gasteiger partial charge in [0.05, 0.1) is 6.54 Å². The number of rotatable bonds is 8. The number of carbonyl (C=O) groups is 3. The fraction of sp³-hybridized carbons (Fsp3) is 0.625. The predicted molar refractivity (Wildman–Crippen MR) is 116 cm³/mol. The minimum absolute atomic E-state index is 0.0667. The molecule has 0 heterocycles. The standard InChI is InChI=1S/C24H33N3O4/c1-2-19-5-3-4-6-20(19)31-15-23(30)27-26-22(29)14-25-21(28)13-24-10-16-7-17(11-24)9-18(8-16)12-24/h3-6,16-18H,2,7-15H2,1H3,(H,25,28)(H,26,29)(H,27,30). The van der Waals surface area contributed by atoms with Crippen molar-refractivity contribution in [3.63, 3.8) is 0 Å². The molecular weight excluding hydrogens is 394 g/mol. The van der Waals surface area contributed by atoms with Gasteiger partial charge in [0, 0.05) is 6.42 Å². The van der Waals surface area contributed by atoms with E-state index < -0.39 is 11.8 Å². The highest BCUT2D eigenvalue weighted by Gasteiger charge is 2.51. The summed E-state index contributed by atoms with van der Waals surface area (Å²) >= 11 is 0. The Morgan fingerprint density at radius 1 is 0.935 bits per heavy atom. The van der Waals surface area contributed by atoms with Crippen LogP contribution in [0.2, 0.25) is 0 Å². The Bertz CT molecular complexity index is 803. The molecule has 4 fully saturated rings. The van der Waals surface area contributed by atoms with Crippen molar-refractivity contribution < 1.29 is 19.1 Å². The Morgan fingerprint density at radius 3 is 2.19 bits per heavy atom. The van der Waals surface area contributed by atoms with Gasteiger partial charge in [0.2, 0.25) is 5.91 Å². The van der Waals surface area contributed by atoms with Gasteiger partial charge in [0.1, 0.15) is 5.75 Å². The van der Waals surface area contributed by atoms with Crippen LogP contribution in [0.25, 0.3) is 0 Å². The molecule has 4 aliphatic carbocycles. The highest BCUT2D eigenvalue weighted by molar-refractivity contribution is 5.87. The Hall–Kier alpha value is -2.57. The first-order chi connectivity index (χ1) is 14.9. The maximum absolute atomic E-state index is 12.5. The first-order valence-electron chi connectivity index (χ1n) is 11.5. The van der Waals surface area contributed by atoms with Crippen molar-refractivity contribution in [3.05, 3.63) is 29.8 Å². The molecule has 168 valence electrons. The SMILES string of the molecule is CCc1ccccc1OCC(=O)NNC(=O)CNC(=O)CC12CC3CC(CC(C3)C1)C2. The number of benzene rings is 1. The average Bonchev–Trinajstić information content (AvgIpc) is 2.73. The summed E-state index contributed by atoms with van der Waals surface area (Å²) in [4.78, 5) is 36.4. The molecule has 3 N–H and O–H groups in total. The molecule has 5 rings (SSSR count). The van der Waals surface area contributed by atoms with Crippen LogP contribution in [0.4, 0.5) is 0 Å². The number of para-hydroxylation sites is 1. The Morgan fingerprint density at radius 2 is 1.55 bits per heavy atom. The van der Waals surface area contributed by atoms with Crippen LogP contribution in [0.3, 0.4) is 0 Å². The van der Waals surface area contributed by atoms with E-state index in [1.165, 1.54) is 19.3 Å². The van der Waals surface area contributed by atoms with Crippen LogP contribution in [0.15, 0.2) is 24.3 Å². The van der Waals surface area contributed by atoms with E-state index in [0.717, 1.165) is 49.0 Å². The summed E-state index contributed by atoms with van der Waals surface area (Å²) in [5, 5.41) is 2.72. The summed E-state index contributed by atoms with van der Waals surface area (Å²) < 4.78 is 5.52. The van der Waals surface area contributed by atoms with Crippen LogP contribution >= 0.6 is 0 Å². The molecule has 4 aliphatic rings. The van der Waals surface area contributed by atoms with Crippen molar-refractivity contribution in [2.24, 2.45) is 23.2 Å². The van der Waals surface area contributed by atoms with Crippen molar-refractivity contribution in [2.75, 3.05) is 13.2 Å². The number of ether oxygens (including phenoxy) is 1. The number of amides is 3. The van der Waals surface area contributed by atoms with E-state index in [1.807, 2.05) is 31.2 Å². The number of carbonyl (C=O) groups excluding carboxylic acids is 3. The summed E-state index contributed by atoms with van der Waals surface area (Å²) in [5.41, 5.74) is 5.82. The van der Waals surface area contributed by atoms with E-state index in [-0.39, 0.29) is 24.5 Å². The molecule has 7 heteroatoms. The normalized spacial score (nSPS) is 28.1. The van der Waals surface area contributed by atoms with E-state index >= 15 is 0 Å². The van der Waals surface area contributed by atoms with Gasteiger partial charge in [-0.15, -0.1) is 0 Å². The average molecular weight is 428 g/mol. The third-order valence-corrected chi connectivity index (χ3v) is 7.20. The van der Waals surface area contributed by atoms with Gasteiger partial charge in [-0.05, 0) is 79.7 Å². The van der Waals surface area contributed by atoms with Crippen LogP contribution < -0.4 is 20.9 Å². The van der Waals surface area contributed by atoms with Crippen LogP contribution in [-0.2, 0) is 20.8 Å². The molecule has 1 aromatic carbocycles. The molecule has 0 aliphatic heterocycles. The molecule has 0 spiro atoms. The molecule has 7 nitrogen and oxygen atoms in total. The fourth-order valence-electron chi connectivity index (χ4n) is 6.39. The van der Waals surface area contributed by atoms with Crippen molar-refractivity contribution >= 4 is 17.7 Å². The third kappa shape index (κ3) is 5.38. The zero-order chi connectivity index (χ0) is 21.8. The van der Waals surface area contributed by atoms with E-state index in [4.69, 9.17) is 4.74 Å². The van der Waals surface area contributed by atoms with Crippen molar-refractivity contribution in [1.29, 1.82) is 0 Å². The lowest BCUT2D eigenvalue weighted by Gasteiger charge is -2.56. The van der Waals surface area contributed by atoms with Gasteiger partial charge in [-0.3, -0.25) is 25.2 Å². The van der Waals surface area contributed by atoms with Gasteiger partial charge < -0.3 is 10.1 Å². The van der Waals surface area contributed by atoms with Crippen LogP contribution in [0.1, 0.15) is 57.4 Å². The maximum atomic E-state index is 12.5. The Kier molecular flexibility index (Phi) is 6.49. The topological polar surface area (TPSA) is 96.5 Å². The third-order valence-electron chi connectivity index (χ3n) is 7.20. The van der Waals surface area contributed by atoms with Gasteiger partial charge in [-0.2, -0.15) is 0 Å². The lowest BCUT2D eigenvalue weighted by atomic mass is 9.49. The number of nitrogens with one attached hydrogen (secondary N) is 3. The summed E-state index contributed by atoms with van der Waals surface area (Å²) in [6.07, 6.45) is 8.84. The van der Waals surface area contributed by atoms with Gasteiger partial charge in [-0.25, -0.2) is 0 Å². The summed E-state index contributed by atoms with van der Waals surface area (Å²) in [6.45, 7) is 1.67. The maximum Gasteiger partial charge on any atom is 0.276 e. The Balaban J connectivity index is 1.14. The second-order valence-electron chi connectivity index (χ2n) is 9.72. The van der Waals surface area contributed by atoms with Crippen molar-refractivity contribution in [1.82, 2.24) is 16.2 Å². The molecule has 3 amide bonds. The minimum Gasteiger partial charge on any atom is -0.483 e. The fourth-order valence-corrected chi connectivity index (χ4v) is 6.39. The van der Waals surface area contributed by atoms with Crippen LogP contribution in [0.5, 0.6) is 5.75 Å². The van der Waals surface area contributed by atoms with E-state index in [2.05, 4.69) is 16.2 Å². The van der Waals surface area contributed by atoms with Gasteiger partial charge in [0.15, 0.2) is 6.61 Å². The van der Waals surface area contributed by atoms with Crippen molar-refractivity contribution in [2.45, 2.75) is 58.3 Å². The largest absolute Gasteiger partial charge is 0.483 e. The second kappa shape index (κ2) is 9.28. The predicted octanol–water partition coefficient (Wildman–Crippen LogP) is 2.50. The van der Waals surface area contributed by atoms with Crippen molar-refractivity contribution in [3.8, 4) is 5.75 Å². The quantitative estimate of drug-likeness (QED) is 0.556. The number of hydrazine groups is 1. The zero-order valence-electron chi connectivity index (χ0n) is 18.2. The number of hydrogen-bond donors (Lipinski definition) is 3. The summed E-state index contributed by atoms with van der Waals surface area (Å²) in [6, 6.07) is 7.52. The molecule has 1 aromatic rings. The molecule has 4 saturated carbocycles. The van der Waals surface area contributed by atoms with Crippen LogP contribution in [-0.4, -0.2) is 30.9 Å². The second-order valence-corrected chi connectivity index (χ2v) is 9.72. The van der Waals surface area contributed by atoms with E-state index in [9.17, 15) is 14.4 Å². The van der Waals surface area contributed by atoms with E-state index in [1.54, 1.807) is 0 Å². The first kappa shape index (κ1) is 21.7. The molecule has 0 aromatic heterocycles. The molecular formula is C24H33N3O4. The van der Waals surface area contributed by atoms with Crippen LogP contribution in [0, 0.1) is 23.2 Å². The molecule has 0 radical (unpaired) electrons. The smallest absolute Gasteiger partial charge is 0.276 e. The zero-order valence-corrected chi connectivity index (χ0v) is 18.2. The summed E-state index contributed by atoms with van der Waals surface area (Å²) in [7, 11) is 0. The molecule has 31 heavy (non-hydrogen) atoms.